The maximum Gasteiger partial charge on any atom is 0.209 e. The summed E-state index contributed by atoms with van der Waals surface area (Å²) >= 11 is 6.40. The summed E-state index contributed by atoms with van der Waals surface area (Å²) in [5.41, 5.74) is 5.08. The minimum atomic E-state index is -0.250. The molecule has 3 heterocycles. The molecule has 5 aromatic rings. The van der Waals surface area contributed by atoms with Crippen LogP contribution in [0.1, 0.15) is 11.1 Å². The zero-order valence-electron chi connectivity index (χ0n) is 15.6. The highest BCUT2D eigenvalue weighted by Crippen LogP contribution is 2.35. The number of nitrogens with one attached hydrogen (secondary N) is 2. The minimum absolute atomic E-state index is 0.210. The van der Waals surface area contributed by atoms with Crippen molar-refractivity contribution in [3.63, 3.8) is 0 Å². The fraction of sp³-hybridized carbons (Fsp3) is 0.0476. The highest BCUT2D eigenvalue weighted by molar-refractivity contribution is 6.35. The number of benzene rings is 2. The van der Waals surface area contributed by atoms with Crippen molar-refractivity contribution in [2.75, 3.05) is 0 Å². The fourth-order valence-corrected chi connectivity index (χ4v) is 3.69. The number of nitrogens with zero attached hydrogens (tertiary/aromatic N) is 5. The Bertz CT molecular complexity index is 1560. The monoisotopic (exact) mass is 413 g/mol. The van der Waals surface area contributed by atoms with Gasteiger partial charge in [-0.1, -0.05) is 23.7 Å². The Morgan fingerprint density at radius 2 is 1.93 bits per heavy atom. The number of H-pyrrole nitrogens is 2. The first-order chi connectivity index (χ1) is 14.6. The van der Waals surface area contributed by atoms with Gasteiger partial charge in [0, 0.05) is 23.4 Å². The van der Waals surface area contributed by atoms with Gasteiger partial charge in [0.15, 0.2) is 11.2 Å². The van der Waals surface area contributed by atoms with E-state index in [0.29, 0.717) is 44.2 Å². The normalized spacial score (nSPS) is 11.1. The number of aromatic nitrogens is 6. The van der Waals surface area contributed by atoms with Gasteiger partial charge in [0.2, 0.25) is 5.43 Å². The third-order valence-electron chi connectivity index (χ3n) is 4.94. The van der Waals surface area contributed by atoms with Crippen LogP contribution in [0.25, 0.3) is 44.7 Å². The molecule has 9 heteroatoms. The van der Waals surface area contributed by atoms with Gasteiger partial charge < -0.3 is 4.98 Å². The minimum Gasteiger partial charge on any atom is -0.345 e. The van der Waals surface area contributed by atoms with E-state index in [1.807, 2.05) is 13.0 Å². The molecule has 0 atom stereocenters. The first-order valence-electron chi connectivity index (χ1n) is 8.96. The maximum atomic E-state index is 12.4. The number of nitriles is 1. The zero-order valence-corrected chi connectivity index (χ0v) is 16.3. The topological polar surface area (TPSA) is 124 Å². The van der Waals surface area contributed by atoms with Gasteiger partial charge in [-0.05, 0) is 30.7 Å². The van der Waals surface area contributed by atoms with Crippen LogP contribution in [0.5, 0.6) is 0 Å². The molecule has 0 saturated heterocycles. The molecule has 5 rings (SSSR count). The van der Waals surface area contributed by atoms with Gasteiger partial charge in [0.1, 0.15) is 11.0 Å². The van der Waals surface area contributed by atoms with E-state index in [9.17, 15) is 10.1 Å². The number of hydrogen-bond acceptors (Lipinski definition) is 6. The molecule has 0 aliphatic carbocycles. The third-order valence-corrected chi connectivity index (χ3v) is 5.23. The Kier molecular flexibility index (Phi) is 4.05. The van der Waals surface area contributed by atoms with E-state index < -0.39 is 0 Å². The van der Waals surface area contributed by atoms with Crippen LogP contribution in [0.2, 0.25) is 5.02 Å². The Balaban J connectivity index is 1.90. The number of fused-ring (bicyclic) bond motifs is 2. The molecule has 30 heavy (non-hydrogen) atoms. The molecular weight excluding hydrogens is 402 g/mol. The number of aromatic amines is 2. The summed E-state index contributed by atoms with van der Waals surface area (Å²) in [7, 11) is 0. The van der Waals surface area contributed by atoms with Crippen molar-refractivity contribution in [3.8, 4) is 28.6 Å². The molecule has 0 aliphatic rings. The van der Waals surface area contributed by atoms with Gasteiger partial charge in [-0.25, -0.2) is 9.97 Å². The summed E-state index contributed by atoms with van der Waals surface area (Å²) in [5.74, 6) is 0. The predicted octanol–water partition coefficient (Wildman–Crippen LogP) is 3.76. The second-order valence-electron chi connectivity index (χ2n) is 6.70. The second-order valence-corrected chi connectivity index (χ2v) is 7.11. The first kappa shape index (κ1) is 18.0. The van der Waals surface area contributed by atoms with Gasteiger partial charge in [-0.15, -0.1) is 0 Å². The average Bonchev–Trinajstić information content (AvgIpc) is 3.23. The van der Waals surface area contributed by atoms with Crippen molar-refractivity contribution in [1.82, 2.24) is 30.4 Å². The molecule has 0 spiro atoms. The molecule has 0 bridgehead atoms. The summed E-state index contributed by atoms with van der Waals surface area (Å²) < 4.78 is 0. The van der Waals surface area contributed by atoms with E-state index in [0.717, 1.165) is 11.1 Å². The summed E-state index contributed by atoms with van der Waals surface area (Å²) in [5, 5.41) is 20.5. The molecule has 0 radical (unpaired) electrons. The van der Waals surface area contributed by atoms with Crippen molar-refractivity contribution < 1.29 is 0 Å². The summed E-state index contributed by atoms with van der Waals surface area (Å²) in [6, 6.07) is 12.5. The number of pyridine rings is 1. The highest BCUT2D eigenvalue weighted by Gasteiger charge is 2.19. The number of halogens is 1. The SMILES string of the molecule is Cc1c(C#N)cccc1-c1nc2[nH]ccc(=O)c2nc1-c1cc(Cl)c2n[nH]nc2c1. The molecule has 2 aromatic carbocycles. The van der Waals surface area contributed by atoms with Crippen LogP contribution >= 0.6 is 11.6 Å². The van der Waals surface area contributed by atoms with Crippen molar-refractivity contribution in [3.05, 3.63) is 69.0 Å². The van der Waals surface area contributed by atoms with Crippen LogP contribution in [0.15, 0.2) is 47.4 Å². The van der Waals surface area contributed by atoms with E-state index in [4.69, 9.17) is 16.6 Å². The average molecular weight is 414 g/mol. The van der Waals surface area contributed by atoms with Crippen LogP contribution in [-0.2, 0) is 0 Å². The standard InChI is InChI=1S/C21H12ClN7O/c1-10-11(9-23)3-2-4-13(10)18-17(25-20-16(30)5-6-24-21(20)26-18)12-7-14(22)19-15(8-12)27-29-28-19/h2-8H,1H3,(H,24,26,30)(H,27,28,29). The molecular formula is C21H12ClN7O. The van der Waals surface area contributed by atoms with Crippen molar-refractivity contribution in [2.24, 2.45) is 0 Å². The van der Waals surface area contributed by atoms with E-state index in [1.54, 1.807) is 24.3 Å². The molecule has 0 fully saturated rings. The molecule has 0 unspecified atom stereocenters. The van der Waals surface area contributed by atoms with Crippen LogP contribution in [0.4, 0.5) is 0 Å². The van der Waals surface area contributed by atoms with E-state index in [2.05, 4.69) is 31.4 Å². The van der Waals surface area contributed by atoms with Crippen LogP contribution in [0.3, 0.4) is 0 Å². The zero-order chi connectivity index (χ0) is 20.8. The lowest BCUT2D eigenvalue weighted by Gasteiger charge is -2.13. The fourth-order valence-electron chi connectivity index (χ4n) is 3.43. The van der Waals surface area contributed by atoms with E-state index >= 15 is 0 Å². The van der Waals surface area contributed by atoms with Gasteiger partial charge in [0.05, 0.1) is 28.0 Å². The first-order valence-corrected chi connectivity index (χ1v) is 9.34. The van der Waals surface area contributed by atoms with Crippen molar-refractivity contribution >= 4 is 33.8 Å². The molecule has 0 amide bonds. The number of hydrogen-bond donors (Lipinski definition) is 2. The van der Waals surface area contributed by atoms with Crippen LogP contribution in [0, 0.1) is 18.3 Å². The van der Waals surface area contributed by atoms with Gasteiger partial charge in [-0.2, -0.15) is 20.7 Å². The maximum absolute atomic E-state index is 12.4. The Morgan fingerprint density at radius 3 is 2.77 bits per heavy atom. The lowest BCUT2D eigenvalue weighted by atomic mass is 9.97. The molecule has 0 saturated carbocycles. The lowest BCUT2D eigenvalue weighted by Crippen LogP contribution is -2.07. The van der Waals surface area contributed by atoms with Gasteiger partial charge in [0.25, 0.3) is 0 Å². The van der Waals surface area contributed by atoms with Crippen molar-refractivity contribution in [2.45, 2.75) is 6.92 Å². The van der Waals surface area contributed by atoms with Crippen LogP contribution < -0.4 is 5.43 Å². The van der Waals surface area contributed by atoms with E-state index in [1.165, 1.54) is 12.3 Å². The Hall–Kier alpha value is -4.09. The predicted molar refractivity (Wildman–Crippen MR) is 113 cm³/mol. The molecule has 8 nitrogen and oxygen atoms in total. The smallest absolute Gasteiger partial charge is 0.209 e. The largest absolute Gasteiger partial charge is 0.345 e. The summed E-state index contributed by atoms with van der Waals surface area (Å²) in [6.45, 7) is 1.85. The third kappa shape index (κ3) is 2.72. The molecule has 2 N–H and O–H groups in total. The summed E-state index contributed by atoms with van der Waals surface area (Å²) in [6.07, 6.45) is 1.53. The second kappa shape index (κ2) is 6.76. The quantitative estimate of drug-likeness (QED) is 0.454. The van der Waals surface area contributed by atoms with Crippen molar-refractivity contribution in [1.29, 1.82) is 5.26 Å². The number of rotatable bonds is 2. The molecule has 144 valence electrons. The van der Waals surface area contributed by atoms with Crippen LogP contribution in [-0.4, -0.2) is 30.4 Å². The molecule has 3 aromatic heterocycles. The summed E-state index contributed by atoms with van der Waals surface area (Å²) in [4.78, 5) is 24.7. The van der Waals surface area contributed by atoms with Gasteiger partial charge in [-0.3, -0.25) is 4.79 Å². The Labute approximate surface area is 174 Å². The highest BCUT2D eigenvalue weighted by atomic mass is 35.5. The van der Waals surface area contributed by atoms with Gasteiger partial charge >= 0.3 is 0 Å². The molecule has 0 aliphatic heterocycles. The Morgan fingerprint density at radius 1 is 1.07 bits per heavy atom. The lowest BCUT2D eigenvalue weighted by molar-refractivity contribution is 0.959. The van der Waals surface area contributed by atoms with E-state index in [-0.39, 0.29) is 10.9 Å².